The third-order valence-electron chi connectivity index (χ3n) is 3.72. The summed E-state index contributed by atoms with van der Waals surface area (Å²) in [4.78, 5) is 28.2. The van der Waals surface area contributed by atoms with Gasteiger partial charge >= 0.3 is 5.97 Å². The molecule has 2 aromatic rings. The van der Waals surface area contributed by atoms with Gasteiger partial charge in [0.1, 0.15) is 11.8 Å². The number of nitrogens with zero attached hydrogens (tertiary/aromatic N) is 1. The van der Waals surface area contributed by atoms with Crippen molar-refractivity contribution in [2.75, 3.05) is 7.11 Å². The fourth-order valence-electron chi connectivity index (χ4n) is 2.35. The average molecular weight is 343 g/mol. The Bertz CT molecular complexity index is 704. The number of aromatic hydroxyl groups is 1. The van der Waals surface area contributed by atoms with Crippen molar-refractivity contribution < 1.29 is 19.4 Å². The molecule has 0 radical (unpaired) electrons. The molecule has 1 amide bonds. The van der Waals surface area contributed by atoms with Crippen LogP contribution < -0.4 is 11.1 Å². The van der Waals surface area contributed by atoms with Gasteiger partial charge in [0.25, 0.3) is 0 Å². The molecule has 0 aliphatic carbocycles. The van der Waals surface area contributed by atoms with Crippen molar-refractivity contribution in [1.82, 2.24) is 10.3 Å². The number of hydrogen-bond acceptors (Lipinski definition) is 6. The molecule has 0 spiro atoms. The number of nitrogens with two attached hydrogens (primary N) is 1. The van der Waals surface area contributed by atoms with Gasteiger partial charge in [0.15, 0.2) is 0 Å². The van der Waals surface area contributed by atoms with Gasteiger partial charge < -0.3 is 20.9 Å². The highest BCUT2D eigenvalue weighted by Gasteiger charge is 2.24. The first-order valence-corrected chi connectivity index (χ1v) is 7.80. The van der Waals surface area contributed by atoms with Gasteiger partial charge in [-0.05, 0) is 41.8 Å². The second kappa shape index (κ2) is 8.79. The van der Waals surface area contributed by atoms with Crippen LogP contribution in [0.5, 0.6) is 5.75 Å². The molecular formula is C18H21N3O4. The maximum Gasteiger partial charge on any atom is 0.328 e. The van der Waals surface area contributed by atoms with Crippen molar-refractivity contribution in [3.05, 3.63) is 59.9 Å². The van der Waals surface area contributed by atoms with Crippen LogP contribution in [0, 0.1) is 0 Å². The smallest absolute Gasteiger partial charge is 0.328 e. The second-order valence-electron chi connectivity index (χ2n) is 5.62. The molecular weight excluding hydrogens is 322 g/mol. The van der Waals surface area contributed by atoms with Crippen molar-refractivity contribution in [2.24, 2.45) is 5.73 Å². The van der Waals surface area contributed by atoms with Crippen LogP contribution in [0.1, 0.15) is 11.1 Å². The van der Waals surface area contributed by atoms with Crippen LogP contribution in [0.2, 0.25) is 0 Å². The Morgan fingerprint density at radius 2 is 1.72 bits per heavy atom. The van der Waals surface area contributed by atoms with Gasteiger partial charge in [-0.1, -0.05) is 12.1 Å². The lowest BCUT2D eigenvalue weighted by molar-refractivity contribution is -0.145. The molecule has 7 nitrogen and oxygen atoms in total. The van der Waals surface area contributed by atoms with E-state index in [4.69, 9.17) is 10.5 Å². The van der Waals surface area contributed by atoms with E-state index in [9.17, 15) is 14.7 Å². The normalized spacial score (nSPS) is 12.9. The third kappa shape index (κ3) is 5.58. The third-order valence-corrected chi connectivity index (χ3v) is 3.72. The summed E-state index contributed by atoms with van der Waals surface area (Å²) in [5, 5.41) is 12.0. The van der Waals surface area contributed by atoms with Gasteiger partial charge in [0.05, 0.1) is 13.2 Å². The van der Waals surface area contributed by atoms with Crippen LogP contribution in [-0.4, -0.2) is 41.2 Å². The minimum atomic E-state index is -0.856. The Morgan fingerprint density at radius 3 is 2.32 bits per heavy atom. The van der Waals surface area contributed by atoms with Gasteiger partial charge in [0.2, 0.25) is 5.91 Å². The first-order valence-electron chi connectivity index (χ1n) is 7.80. The molecule has 0 bridgehead atoms. The van der Waals surface area contributed by atoms with Crippen molar-refractivity contribution >= 4 is 11.9 Å². The van der Waals surface area contributed by atoms with Crippen molar-refractivity contribution in [3.8, 4) is 5.75 Å². The van der Waals surface area contributed by atoms with E-state index in [-0.39, 0.29) is 12.2 Å². The Kier molecular flexibility index (Phi) is 6.47. The number of rotatable bonds is 7. The largest absolute Gasteiger partial charge is 0.508 e. The number of nitrogens with one attached hydrogen (secondary N) is 1. The minimum absolute atomic E-state index is 0.127. The van der Waals surface area contributed by atoms with Crippen LogP contribution in [0.3, 0.4) is 0 Å². The fourth-order valence-corrected chi connectivity index (χ4v) is 2.35. The number of ether oxygens (including phenoxy) is 1. The molecule has 0 aliphatic heterocycles. The van der Waals surface area contributed by atoms with E-state index in [1.165, 1.54) is 19.2 Å². The number of hydrogen-bond donors (Lipinski definition) is 3. The highest BCUT2D eigenvalue weighted by molar-refractivity contribution is 5.87. The summed E-state index contributed by atoms with van der Waals surface area (Å²) in [6.07, 6.45) is 3.83. The summed E-state index contributed by atoms with van der Waals surface area (Å²) in [6, 6.07) is 8.28. The van der Waals surface area contributed by atoms with Gasteiger partial charge in [-0.2, -0.15) is 0 Å². The molecule has 7 heteroatoms. The number of benzene rings is 1. The average Bonchev–Trinajstić information content (AvgIpc) is 2.63. The molecule has 2 atom stereocenters. The lowest BCUT2D eigenvalue weighted by atomic mass is 10.0. The van der Waals surface area contributed by atoms with Crippen LogP contribution in [0.25, 0.3) is 0 Å². The zero-order chi connectivity index (χ0) is 18.2. The van der Waals surface area contributed by atoms with Gasteiger partial charge in [-0.25, -0.2) is 4.79 Å². The van der Waals surface area contributed by atoms with Crippen LogP contribution in [-0.2, 0) is 27.2 Å². The maximum atomic E-state index is 12.3. The van der Waals surface area contributed by atoms with E-state index in [1.807, 2.05) is 0 Å². The molecule has 132 valence electrons. The standard InChI is InChI=1S/C18H21N3O4/c1-25-18(24)16(11-12-2-4-14(22)5-3-12)21-17(23)15(19)10-13-6-8-20-9-7-13/h2-9,15-16,22H,10-11,19H2,1H3,(H,21,23)/t15-,16-/m0/s1. The maximum absolute atomic E-state index is 12.3. The molecule has 25 heavy (non-hydrogen) atoms. The molecule has 1 heterocycles. The zero-order valence-electron chi connectivity index (χ0n) is 13.9. The van der Waals surface area contributed by atoms with Crippen LogP contribution in [0.4, 0.5) is 0 Å². The summed E-state index contributed by atoms with van der Waals surface area (Å²) < 4.78 is 4.76. The van der Waals surface area contributed by atoms with Crippen molar-refractivity contribution in [2.45, 2.75) is 24.9 Å². The predicted octanol–water partition coefficient (Wildman–Crippen LogP) is 0.557. The SMILES string of the molecule is COC(=O)[C@H](Cc1ccc(O)cc1)NC(=O)[C@@H](N)Cc1ccncc1. The molecule has 1 aromatic carbocycles. The highest BCUT2D eigenvalue weighted by Crippen LogP contribution is 2.12. The minimum Gasteiger partial charge on any atom is -0.508 e. The molecule has 0 saturated heterocycles. The lowest BCUT2D eigenvalue weighted by Crippen LogP contribution is -2.50. The molecule has 0 aliphatic rings. The number of carbonyl (C=O) groups is 2. The number of aromatic nitrogens is 1. The number of esters is 1. The van der Waals surface area contributed by atoms with Crippen molar-refractivity contribution in [3.63, 3.8) is 0 Å². The summed E-state index contributed by atoms with van der Waals surface area (Å²) in [7, 11) is 1.26. The van der Waals surface area contributed by atoms with E-state index >= 15 is 0 Å². The van der Waals surface area contributed by atoms with Crippen LogP contribution in [0.15, 0.2) is 48.8 Å². The van der Waals surface area contributed by atoms with Gasteiger partial charge in [-0.15, -0.1) is 0 Å². The Morgan fingerprint density at radius 1 is 1.12 bits per heavy atom. The predicted molar refractivity (Wildman–Crippen MR) is 91.7 cm³/mol. The molecule has 0 saturated carbocycles. The molecule has 1 aromatic heterocycles. The topological polar surface area (TPSA) is 115 Å². The molecule has 2 rings (SSSR count). The quantitative estimate of drug-likeness (QED) is 0.633. The van der Waals surface area contributed by atoms with E-state index in [0.29, 0.717) is 6.42 Å². The summed E-state index contributed by atoms with van der Waals surface area (Å²) in [5.74, 6) is -0.870. The fraction of sp³-hybridized carbons (Fsp3) is 0.278. The Labute approximate surface area is 145 Å². The summed E-state index contributed by atoms with van der Waals surface area (Å²) in [6.45, 7) is 0. The van der Waals surface area contributed by atoms with E-state index < -0.39 is 24.0 Å². The van der Waals surface area contributed by atoms with Crippen LogP contribution >= 0.6 is 0 Å². The first kappa shape index (κ1) is 18.4. The molecule has 0 fully saturated rings. The molecule has 0 unspecified atom stereocenters. The lowest BCUT2D eigenvalue weighted by Gasteiger charge is -2.19. The Hall–Kier alpha value is -2.93. The number of phenolic OH excluding ortho intramolecular Hbond substituents is 1. The van der Waals surface area contributed by atoms with E-state index in [2.05, 4.69) is 10.3 Å². The van der Waals surface area contributed by atoms with E-state index in [0.717, 1.165) is 11.1 Å². The first-order chi connectivity index (χ1) is 12.0. The van der Waals surface area contributed by atoms with Gasteiger partial charge in [0, 0.05) is 18.8 Å². The number of pyridine rings is 1. The van der Waals surface area contributed by atoms with E-state index in [1.54, 1.807) is 36.7 Å². The Balaban J connectivity index is 2.01. The monoisotopic (exact) mass is 343 g/mol. The highest BCUT2D eigenvalue weighted by atomic mass is 16.5. The number of phenols is 1. The van der Waals surface area contributed by atoms with Crippen molar-refractivity contribution in [1.29, 1.82) is 0 Å². The number of methoxy groups -OCH3 is 1. The molecule has 4 N–H and O–H groups in total. The zero-order valence-corrected chi connectivity index (χ0v) is 13.9. The number of amides is 1. The summed E-state index contributed by atoms with van der Waals surface area (Å²) >= 11 is 0. The second-order valence-corrected chi connectivity index (χ2v) is 5.62. The van der Waals surface area contributed by atoms with Gasteiger partial charge in [-0.3, -0.25) is 9.78 Å². The summed E-state index contributed by atoms with van der Waals surface area (Å²) in [5.41, 5.74) is 7.59. The number of carbonyl (C=O) groups excluding carboxylic acids is 2.